The molecule has 1 fully saturated rings. The molecule has 1 aliphatic heterocycles. The first-order valence-corrected chi connectivity index (χ1v) is 6.54. The Balaban J connectivity index is 1.83. The van der Waals surface area contributed by atoms with Crippen molar-refractivity contribution in [2.75, 3.05) is 19.7 Å². The lowest BCUT2D eigenvalue weighted by Gasteiger charge is -2.23. The van der Waals surface area contributed by atoms with Crippen LogP contribution in [-0.2, 0) is 6.54 Å². The van der Waals surface area contributed by atoms with Gasteiger partial charge in [-0.3, -0.25) is 0 Å². The topological polar surface area (TPSA) is 33.3 Å². The summed E-state index contributed by atoms with van der Waals surface area (Å²) in [6, 6.07) is 9.00. The van der Waals surface area contributed by atoms with E-state index in [1.165, 1.54) is 18.4 Å². The fraction of sp³-hybridized carbons (Fsp3) is 0.571. The average Bonchev–Trinajstić information content (AvgIpc) is 2.39. The van der Waals surface area contributed by atoms with Crippen LogP contribution in [-0.4, -0.2) is 25.7 Å². The summed E-state index contributed by atoms with van der Waals surface area (Å²) in [5.41, 5.74) is 1.30. The third-order valence-electron chi connectivity index (χ3n) is 3.14. The first-order valence-electron chi connectivity index (χ1n) is 6.54. The van der Waals surface area contributed by atoms with Gasteiger partial charge in [-0.15, -0.1) is 0 Å². The maximum atomic E-state index is 5.50. The van der Waals surface area contributed by atoms with Crippen LogP contribution in [0.25, 0.3) is 0 Å². The Morgan fingerprint density at radius 2 is 2.18 bits per heavy atom. The fourth-order valence-corrected chi connectivity index (χ4v) is 2.20. The summed E-state index contributed by atoms with van der Waals surface area (Å²) in [4.78, 5) is 0. The molecule has 3 nitrogen and oxygen atoms in total. The van der Waals surface area contributed by atoms with Gasteiger partial charge in [0.05, 0.1) is 6.61 Å². The van der Waals surface area contributed by atoms with Crippen LogP contribution in [0.15, 0.2) is 24.3 Å². The Labute approximate surface area is 104 Å². The van der Waals surface area contributed by atoms with E-state index in [0.717, 1.165) is 32.0 Å². The van der Waals surface area contributed by atoms with E-state index >= 15 is 0 Å². The third kappa shape index (κ3) is 4.02. The number of rotatable bonds is 5. The summed E-state index contributed by atoms with van der Waals surface area (Å²) in [7, 11) is 0. The summed E-state index contributed by atoms with van der Waals surface area (Å²) in [6.07, 6.45) is 2.45. The molecule has 0 spiro atoms. The van der Waals surface area contributed by atoms with Crippen molar-refractivity contribution in [1.82, 2.24) is 10.6 Å². The number of hydrogen-bond acceptors (Lipinski definition) is 3. The maximum Gasteiger partial charge on any atom is 0.119 e. The van der Waals surface area contributed by atoms with Crippen molar-refractivity contribution in [3.63, 3.8) is 0 Å². The molecule has 1 aliphatic rings. The molecule has 2 rings (SSSR count). The first kappa shape index (κ1) is 12.4. The smallest absolute Gasteiger partial charge is 0.119 e. The fourth-order valence-electron chi connectivity index (χ4n) is 2.20. The third-order valence-corrected chi connectivity index (χ3v) is 3.14. The minimum absolute atomic E-state index is 0.659. The summed E-state index contributed by atoms with van der Waals surface area (Å²) in [6.45, 7) is 5.95. The van der Waals surface area contributed by atoms with Gasteiger partial charge >= 0.3 is 0 Å². The Morgan fingerprint density at radius 1 is 1.35 bits per heavy atom. The van der Waals surface area contributed by atoms with Crippen LogP contribution in [0, 0.1) is 0 Å². The molecule has 0 unspecified atom stereocenters. The van der Waals surface area contributed by atoms with E-state index in [2.05, 4.69) is 28.8 Å². The molecule has 0 aromatic heterocycles. The zero-order chi connectivity index (χ0) is 11.9. The second-order valence-electron chi connectivity index (χ2n) is 4.49. The number of piperidine rings is 1. The molecule has 0 bridgehead atoms. The normalized spacial score (nSPS) is 17.0. The highest BCUT2D eigenvalue weighted by molar-refractivity contribution is 5.28. The molecule has 1 heterocycles. The van der Waals surface area contributed by atoms with Gasteiger partial charge in [0.2, 0.25) is 0 Å². The summed E-state index contributed by atoms with van der Waals surface area (Å²) in [5.74, 6) is 0.970. The zero-order valence-corrected chi connectivity index (χ0v) is 10.5. The highest BCUT2D eigenvalue weighted by Crippen LogP contribution is 2.13. The van der Waals surface area contributed by atoms with Gasteiger partial charge in [0, 0.05) is 12.6 Å². The van der Waals surface area contributed by atoms with Crippen LogP contribution in [0.5, 0.6) is 5.75 Å². The van der Waals surface area contributed by atoms with E-state index in [9.17, 15) is 0 Å². The van der Waals surface area contributed by atoms with Crippen molar-refractivity contribution in [3.8, 4) is 5.75 Å². The summed E-state index contributed by atoms with van der Waals surface area (Å²) >= 11 is 0. The van der Waals surface area contributed by atoms with Crippen molar-refractivity contribution >= 4 is 0 Å². The van der Waals surface area contributed by atoms with Crippen LogP contribution in [0.1, 0.15) is 25.3 Å². The van der Waals surface area contributed by atoms with Gasteiger partial charge in [-0.2, -0.15) is 0 Å². The van der Waals surface area contributed by atoms with Gasteiger partial charge in [-0.25, -0.2) is 0 Å². The summed E-state index contributed by atoms with van der Waals surface area (Å²) in [5, 5.41) is 6.99. The van der Waals surface area contributed by atoms with Crippen LogP contribution < -0.4 is 15.4 Å². The molecule has 0 atom stereocenters. The maximum absolute atomic E-state index is 5.50. The lowest BCUT2D eigenvalue weighted by atomic mass is 10.1. The van der Waals surface area contributed by atoms with E-state index in [-0.39, 0.29) is 0 Å². The molecule has 1 aromatic rings. The van der Waals surface area contributed by atoms with Gasteiger partial charge in [0.15, 0.2) is 0 Å². The number of ether oxygens (including phenoxy) is 1. The molecule has 1 saturated heterocycles. The second-order valence-corrected chi connectivity index (χ2v) is 4.49. The molecule has 0 amide bonds. The minimum Gasteiger partial charge on any atom is -0.494 e. The Kier molecular flexibility index (Phi) is 4.83. The van der Waals surface area contributed by atoms with Crippen molar-refractivity contribution < 1.29 is 4.74 Å². The van der Waals surface area contributed by atoms with Crippen molar-refractivity contribution in [1.29, 1.82) is 0 Å². The molecular weight excluding hydrogens is 212 g/mol. The highest BCUT2D eigenvalue weighted by Gasteiger charge is 2.11. The molecule has 94 valence electrons. The van der Waals surface area contributed by atoms with Crippen LogP contribution in [0.2, 0.25) is 0 Å². The predicted octanol–water partition coefficient (Wildman–Crippen LogP) is 1.93. The Bertz CT molecular complexity index is 335. The van der Waals surface area contributed by atoms with Crippen LogP contribution >= 0.6 is 0 Å². The van der Waals surface area contributed by atoms with Crippen LogP contribution in [0.4, 0.5) is 0 Å². The van der Waals surface area contributed by atoms with E-state index in [1.807, 2.05) is 13.0 Å². The molecule has 0 radical (unpaired) electrons. The van der Waals surface area contributed by atoms with E-state index in [4.69, 9.17) is 4.74 Å². The van der Waals surface area contributed by atoms with E-state index in [0.29, 0.717) is 6.04 Å². The molecule has 0 aliphatic carbocycles. The number of nitrogens with one attached hydrogen (secondary N) is 2. The number of hydrogen-bond donors (Lipinski definition) is 2. The molecule has 0 saturated carbocycles. The largest absolute Gasteiger partial charge is 0.494 e. The van der Waals surface area contributed by atoms with E-state index < -0.39 is 0 Å². The molecule has 2 N–H and O–H groups in total. The SMILES string of the molecule is CCOc1cccc(CNC2CCNCC2)c1. The molecule has 1 aromatic carbocycles. The van der Waals surface area contributed by atoms with Crippen molar-refractivity contribution in [2.24, 2.45) is 0 Å². The zero-order valence-electron chi connectivity index (χ0n) is 10.5. The summed E-state index contributed by atoms with van der Waals surface area (Å²) < 4.78 is 5.50. The highest BCUT2D eigenvalue weighted by atomic mass is 16.5. The molecular formula is C14H22N2O. The predicted molar refractivity (Wildman–Crippen MR) is 70.3 cm³/mol. The van der Waals surface area contributed by atoms with Gasteiger partial charge in [-0.05, 0) is 50.6 Å². The standard InChI is InChI=1S/C14H22N2O/c1-2-17-14-5-3-4-12(10-14)11-16-13-6-8-15-9-7-13/h3-5,10,13,15-16H,2,6-9,11H2,1H3. The average molecular weight is 234 g/mol. The van der Waals surface area contributed by atoms with Gasteiger partial charge in [0.25, 0.3) is 0 Å². The van der Waals surface area contributed by atoms with E-state index in [1.54, 1.807) is 0 Å². The monoisotopic (exact) mass is 234 g/mol. The molecule has 17 heavy (non-hydrogen) atoms. The second kappa shape index (κ2) is 6.62. The van der Waals surface area contributed by atoms with Crippen LogP contribution in [0.3, 0.4) is 0 Å². The number of benzene rings is 1. The van der Waals surface area contributed by atoms with Gasteiger partial charge in [-0.1, -0.05) is 12.1 Å². The molecule has 3 heteroatoms. The minimum atomic E-state index is 0.659. The van der Waals surface area contributed by atoms with Gasteiger partial charge < -0.3 is 15.4 Å². The van der Waals surface area contributed by atoms with Gasteiger partial charge in [0.1, 0.15) is 5.75 Å². The lowest BCUT2D eigenvalue weighted by Crippen LogP contribution is -2.39. The Morgan fingerprint density at radius 3 is 2.94 bits per heavy atom. The lowest BCUT2D eigenvalue weighted by molar-refractivity contribution is 0.339. The quantitative estimate of drug-likeness (QED) is 0.816. The Hall–Kier alpha value is -1.06. The van der Waals surface area contributed by atoms with Crippen molar-refractivity contribution in [3.05, 3.63) is 29.8 Å². The first-order chi connectivity index (χ1) is 8.38. The van der Waals surface area contributed by atoms with Crippen molar-refractivity contribution in [2.45, 2.75) is 32.4 Å².